The molecule has 2 N–H and O–H groups in total. The lowest BCUT2D eigenvalue weighted by molar-refractivity contribution is -0.117. The third-order valence-corrected chi connectivity index (χ3v) is 8.76. The van der Waals surface area contributed by atoms with Gasteiger partial charge in [-0.25, -0.2) is 8.42 Å². The molecule has 7 nitrogen and oxygen atoms in total. The van der Waals surface area contributed by atoms with Crippen molar-refractivity contribution in [2.45, 2.75) is 70.0 Å². The Hall–Kier alpha value is -2.97. The molecule has 0 aliphatic carbocycles. The Morgan fingerprint density at radius 1 is 1.03 bits per heavy atom. The van der Waals surface area contributed by atoms with Crippen LogP contribution in [0.5, 0.6) is 0 Å². The minimum atomic E-state index is -3.75. The van der Waals surface area contributed by atoms with Crippen LogP contribution in [-0.4, -0.2) is 49.2 Å². The molecule has 2 aromatic rings. The highest BCUT2D eigenvalue weighted by Gasteiger charge is 2.39. The van der Waals surface area contributed by atoms with Crippen molar-refractivity contribution in [2.75, 3.05) is 6.54 Å². The van der Waals surface area contributed by atoms with Gasteiger partial charge in [0, 0.05) is 30.2 Å². The number of amides is 2. The van der Waals surface area contributed by atoms with Crippen LogP contribution in [-0.2, 0) is 21.2 Å². The van der Waals surface area contributed by atoms with Gasteiger partial charge in [-0.05, 0) is 94.0 Å². The van der Waals surface area contributed by atoms with Gasteiger partial charge in [0.15, 0.2) is 0 Å². The highest BCUT2D eigenvalue weighted by molar-refractivity contribution is 7.89. The Bertz CT molecular complexity index is 1180. The molecule has 188 valence electrons. The van der Waals surface area contributed by atoms with Crippen LogP contribution < -0.4 is 10.6 Å². The maximum Gasteiger partial charge on any atom is 0.251 e. The number of benzene rings is 2. The molecule has 1 aliphatic heterocycles. The molecular weight excluding hydrogens is 462 g/mol. The smallest absolute Gasteiger partial charge is 0.251 e. The first-order valence-corrected chi connectivity index (χ1v) is 13.4. The Labute approximate surface area is 208 Å². The Balaban J connectivity index is 1.62. The lowest BCUT2D eigenvalue weighted by Crippen LogP contribution is -2.54. The van der Waals surface area contributed by atoms with E-state index >= 15 is 0 Å². The van der Waals surface area contributed by atoms with Crippen molar-refractivity contribution >= 4 is 21.8 Å². The van der Waals surface area contributed by atoms with Gasteiger partial charge in [-0.15, -0.1) is 0 Å². The molecule has 8 heteroatoms. The standard InChI is InChI=1S/C27H35N3O4S/c1-6-26(31)29-24-16-20(4)30(21(5)17-24)35(33,34)25-11-9-23(10-12-25)27(32)28-14-13-22-8-7-18(2)19(3)15-22/h6-12,15,20-21,24H,1,13-14,16-17H2,2-5H3,(H,28,32)(H,29,31). The maximum absolute atomic E-state index is 13.4. The normalized spacial score (nSPS) is 20.7. The van der Waals surface area contributed by atoms with E-state index in [9.17, 15) is 18.0 Å². The summed E-state index contributed by atoms with van der Waals surface area (Å²) in [7, 11) is -3.75. The molecule has 2 aromatic carbocycles. The molecule has 0 bridgehead atoms. The average molecular weight is 498 g/mol. The summed E-state index contributed by atoms with van der Waals surface area (Å²) in [5.74, 6) is -0.494. The number of hydrogen-bond acceptors (Lipinski definition) is 4. The zero-order valence-electron chi connectivity index (χ0n) is 20.9. The van der Waals surface area contributed by atoms with Crippen molar-refractivity contribution in [1.29, 1.82) is 0 Å². The summed E-state index contributed by atoms with van der Waals surface area (Å²) in [6, 6.07) is 11.6. The molecule has 0 saturated carbocycles. The van der Waals surface area contributed by atoms with E-state index in [4.69, 9.17) is 0 Å². The Morgan fingerprint density at radius 3 is 2.23 bits per heavy atom. The summed E-state index contributed by atoms with van der Waals surface area (Å²) < 4.78 is 28.3. The lowest BCUT2D eigenvalue weighted by Gasteiger charge is -2.41. The van der Waals surface area contributed by atoms with E-state index in [1.54, 1.807) is 12.1 Å². The SMILES string of the molecule is C=CC(=O)NC1CC(C)N(S(=O)(=O)c2ccc(C(=O)NCCc3ccc(C)c(C)c3)cc2)C(C)C1. The van der Waals surface area contributed by atoms with E-state index in [0.717, 1.165) is 12.0 Å². The van der Waals surface area contributed by atoms with Crippen molar-refractivity contribution in [1.82, 2.24) is 14.9 Å². The fourth-order valence-electron chi connectivity index (χ4n) is 4.70. The van der Waals surface area contributed by atoms with Gasteiger partial charge in [-0.3, -0.25) is 9.59 Å². The summed E-state index contributed by atoms with van der Waals surface area (Å²) in [6.07, 6.45) is 2.98. The van der Waals surface area contributed by atoms with E-state index in [0.29, 0.717) is 24.9 Å². The predicted octanol–water partition coefficient (Wildman–Crippen LogP) is 3.51. The highest BCUT2D eigenvalue weighted by Crippen LogP contribution is 2.30. The first-order chi connectivity index (χ1) is 16.5. The van der Waals surface area contributed by atoms with E-state index in [2.05, 4.69) is 49.3 Å². The summed E-state index contributed by atoms with van der Waals surface area (Å²) in [4.78, 5) is 24.4. The van der Waals surface area contributed by atoms with Gasteiger partial charge >= 0.3 is 0 Å². The van der Waals surface area contributed by atoms with E-state index in [1.807, 2.05) is 13.8 Å². The number of sulfonamides is 1. The molecule has 35 heavy (non-hydrogen) atoms. The van der Waals surface area contributed by atoms with Crippen LogP contribution in [0.25, 0.3) is 0 Å². The Morgan fingerprint density at radius 2 is 1.66 bits per heavy atom. The number of carbonyl (C=O) groups excluding carboxylic acids is 2. The molecule has 1 fully saturated rings. The van der Waals surface area contributed by atoms with Crippen molar-refractivity contribution in [2.24, 2.45) is 0 Å². The van der Waals surface area contributed by atoms with Gasteiger partial charge in [-0.2, -0.15) is 4.31 Å². The molecule has 2 unspecified atom stereocenters. The van der Waals surface area contributed by atoms with Gasteiger partial charge in [0.25, 0.3) is 5.91 Å². The van der Waals surface area contributed by atoms with Crippen LogP contribution in [0, 0.1) is 13.8 Å². The van der Waals surface area contributed by atoms with Gasteiger partial charge in [0.05, 0.1) is 4.90 Å². The van der Waals surface area contributed by atoms with Crippen LogP contribution >= 0.6 is 0 Å². The van der Waals surface area contributed by atoms with Crippen LogP contribution in [0.4, 0.5) is 0 Å². The van der Waals surface area contributed by atoms with Crippen molar-refractivity contribution < 1.29 is 18.0 Å². The Kier molecular flexibility index (Phi) is 8.51. The van der Waals surface area contributed by atoms with Crippen molar-refractivity contribution in [3.63, 3.8) is 0 Å². The molecule has 3 rings (SSSR count). The molecular formula is C27H35N3O4S. The molecule has 2 atom stereocenters. The van der Waals surface area contributed by atoms with Gasteiger partial charge in [0.1, 0.15) is 0 Å². The maximum atomic E-state index is 13.4. The van der Waals surface area contributed by atoms with Crippen molar-refractivity contribution in [3.05, 3.63) is 77.4 Å². The van der Waals surface area contributed by atoms with Crippen LogP contribution in [0.3, 0.4) is 0 Å². The van der Waals surface area contributed by atoms with Gasteiger partial charge in [-0.1, -0.05) is 24.8 Å². The quantitative estimate of drug-likeness (QED) is 0.546. The largest absolute Gasteiger partial charge is 0.352 e. The van der Waals surface area contributed by atoms with Gasteiger partial charge < -0.3 is 10.6 Å². The number of piperidine rings is 1. The monoisotopic (exact) mass is 497 g/mol. The van der Waals surface area contributed by atoms with E-state index in [-0.39, 0.29) is 34.8 Å². The predicted molar refractivity (Wildman–Crippen MR) is 138 cm³/mol. The van der Waals surface area contributed by atoms with Crippen LogP contribution in [0.1, 0.15) is 53.7 Å². The van der Waals surface area contributed by atoms with E-state index in [1.165, 1.54) is 33.6 Å². The fourth-order valence-corrected chi connectivity index (χ4v) is 6.54. The molecule has 0 aromatic heterocycles. The lowest BCUT2D eigenvalue weighted by atomic mass is 9.95. The second-order valence-corrected chi connectivity index (χ2v) is 11.2. The molecule has 0 radical (unpaired) electrons. The number of nitrogens with zero attached hydrogens (tertiary/aromatic N) is 1. The third-order valence-electron chi connectivity index (χ3n) is 6.61. The number of rotatable bonds is 8. The van der Waals surface area contributed by atoms with Gasteiger partial charge in [0.2, 0.25) is 15.9 Å². The number of carbonyl (C=O) groups is 2. The minimum Gasteiger partial charge on any atom is -0.352 e. The third kappa shape index (κ3) is 6.38. The number of nitrogens with one attached hydrogen (secondary N) is 2. The second kappa shape index (κ2) is 11.2. The van der Waals surface area contributed by atoms with Crippen LogP contribution in [0.2, 0.25) is 0 Å². The van der Waals surface area contributed by atoms with Crippen molar-refractivity contribution in [3.8, 4) is 0 Å². The zero-order valence-corrected chi connectivity index (χ0v) is 21.7. The topological polar surface area (TPSA) is 95.6 Å². The second-order valence-electron chi connectivity index (χ2n) is 9.36. The summed E-state index contributed by atoms with van der Waals surface area (Å²) in [6.45, 7) is 11.8. The average Bonchev–Trinajstić information content (AvgIpc) is 2.80. The highest BCUT2D eigenvalue weighted by atomic mass is 32.2. The molecule has 1 saturated heterocycles. The first-order valence-electron chi connectivity index (χ1n) is 11.9. The minimum absolute atomic E-state index is 0.105. The van der Waals surface area contributed by atoms with Crippen LogP contribution in [0.15, 0.2) is 60.0 Å². The van der Waals surface area contributed by atoms with E-state index < -0.39 is 10.0 Å². The molecule has 0 spiro atoms. The summed E-state index contributed by atoms with van der Waals surface area (Å²) >= 11 is 0. The fraction of sp³-hybridized carbons (Fsp3) is 0.407. The molecule has 1 heterocycles. The molecule has 2 amide bonds. The summed E-state index contributed by atoms with van der Waals surface area (Å²) in [5, 5.41) is 5.77. The first kappa shape index (κ1) is 26.6. The number of hydrogen-bond donors (Lipinski definition) is 2. The zero-order chi connectivity index (χ0) is 25.8. The molecule has 1 aliphatic rings. The number of aryl methyl sites for hydroxylation is 2. The summed E-state index contributed by atoms with van der Waals surface area (Å²) in [5.41, 5.74) is 4.03.